The predicted octanol–water partition coefficient (Wildman–Crippen LogP) is 4.78. The third kappa shape index (κ3) is 2.74. The van der Waals surface area contributed by atoms with Crippen LogP contribution in [0.2, 0.25) is 5.02 Å². The lowest BCUT2D eigenvalue weighted by molar-refractivity contribution is 0.700. The molecule has 0 bridgehead atoms. The van der Waals surface area contributed by atoms with Gasteiger partial charge in [0.2, 0.25) is 0 Å². The summed E-state index contributed by atoms with van der Waals surface area (Å²) in [6, 6.07) is 8.44. The van der Waals surface area contributed by atoms with E-state index < -0.39 is 0 Å². The zero-order valence-corrected chi connectivity index (χ0v) is 12.8. The number of aryl methyl sites for hydroxylation is 1. The van der Waals surface area contributed by atoms with Gasteiger partial charge in [0.1, 0.15) is 0 Å². The van der Waals surface area contributed by atoms with Gasteiger partial charge in [-0.25, -0.2) is 0 Å². The first-order chi connectivity index (χ1) is 8.13. The fourth-order valence-electron chi connectivity index (χ4n) is 1.82. The Morgan fingerprint density at radius 3 is 2.65 bits per heavy atom. The van der Waals surface area contributed by atoms with Crippen LogP contribution in [-0.2, 0) is 0 Å². The van der Waals surface area contributed by atoms with Crippen LogP contribution < -0.4 is 5.32 Å². The Labute approximate surface area is 119 Å². The summed E-state index contributed by atoms with van der Waals surface area (Å²) in [4.78, 5) is 1.34. The maximum atomic E-state index is 6.14. The number of thiophene rings is 1. The molecular formula is C13H13BrClNS. The summed E-state index contributed by atoms with van der Waals surface area (Å²) in [6.45, 7) is 2.14. The molecule has 2 rings (SSSR count). The molecule has 1 heterocycles. The average molecular weight is 331 g/mol. The monoisotopic (exact) mass is 329 g/mol. The number of rotatable bonds is 3. The van der Waals surface area contributed by atoms with Gasteiger partial charge in [0.05, 0.1) is 11.1 Å². The molecule has 0 amide bonds. The molecule has 0 aliphatic heterocycles. The van der Waals surface area contributed by atoms with E-state index >= 15 is 0 Å². The van der Waals surface area contributed by atoms with Gasteiger partial charge in [0, 0.05) is 9.35 Å². The molecule has 17 heavy (non-hydrogen) atoms. The second kappa shape index (κ2) is 5.53. The third-order valence-electron chi connectivity index (χ3n) is 2.73. The Hall–Kier alpha value is -0.350. The van der Waals surface area contributed by atoms with Crippen molar-refractivity contribution in [2.24, 2.45) is 0 Å². The van der Waals surface area contributed by atoms with Crippen molar-refractivity contribution in [2.75, 3.05) is 7.05 Å². The first-order valence-corrected chi connectivity index (χ1v) is 7.34. The van der Waals surface area contributed by atoms with Gasteiger partial charge in [0.15, 0.2) is 0 Å². The minimum atomic E-state index is 0.209. The fraction of sp³-hybridized carbons (Fsp3) is 0.231. The van der Waals surface area contributed by atoms with Gasteiger partial charge in [-0.15, -0.1) is 11.3 Å². The van der Waals surface area contributed by atoms with Crippen molar-refractivity contribution in [3.05, 3.63) is 55.1 Å². The van der Waals surface area contributed by atoms with Crippen LogP contribution in [0.5, 0.6) is 0 Å². The second-order valence-electron chi connectivity index (χ2n) is 3.86. The molecule has 0 aliphatic carbocycles. The first-order valence-electron chi connectivity index (χ1n) is 5.29. The summed E-state index contributed by atoms with van der Waals surface area (Å²) in [6.07, 6.45) is 0. The van der Waals surface area contributed by atoms with E-state index in [-0.39, 0.29) is 6.04 Å². The number of hydrogen-bond acceptors (Lipinski definition) is 2. The molecule has 2 aromatic rings. The van der Waals surface area contributed by atoms with Gasteiger partial charge in [-0.05, 0) is 64.6 Å². The summed E-state index contributed by atoms with van der Waals surface area (Å²) < 4.78 is 0.931. The topological polar surface area (TPSA) is 12.0 Å². The molecule has 0 fully saturated rings. The van der Waals surface area contributed by atoms with Gasteiger partial charge >= 0.3 is 0 Å². The van der Waals surface area contributed by atoms with Crippen LogP contribution >= 0.6 is 38.9 Å². The summed E-state index contributed by atoms with van der Waals surface area (Å²) in [7, 11) is 1.97. The summed E-state index contributed by atoms with van der Waals surface area (Å²) in [5.41, 5.74) is 2.50. The van der Waals surface area contributed by atoms with E-state index in [1.54, 1.807) is 11.3 Å². The molecule has 1 atom stereocenters. The Morgan fingerprint density at radius 1 is 1.35 bits per heavy atom. The lowest BCUT2D eigenvalue weighted by Crippen LogP contribution is -2.17. The highest BCUT2D eigenvalue weighted by molar-refractivity contribution is 9.10. The molecule has 0 radical (unpaired) electrons. The Balaban J connectivity index is 2.42. The maximum Gasteiger partial charge on any atom is 0.0671 e. The quantitative estimate of drug-likeness (QED) is 0.854. The zero-order chi connectivity index (χ0) is 12.4. The number of benzene rings is 1. The molecular weight excluding hydrogens is 318 g/mol. The van der Waals surface area contributed by atoms with Gasteiger partial charge in [-0.3, -0.25) is 0 Å². The van der Waals surface area contributed by atoms with E-state index in [2.05, 4.69) is 45.7 Å². The Kier molecular flexibility index (Phi) is 4.26. The molecule has 90 valence electrons. The van der Waals surface area contributed by atoms with Crippen molar-refractivity contribution in [1.29, 1.82) is 0 Å². The van der Waals surface area contributed by atoms with Crippen molar-refractivity contribution >= 4 is 38.9 Å². The Bertz CT molecular complexity index is 524. The van der Waals surface area contributed by atoms with E-state index in [0.717, 1.165) is 9.50 Å². The normalized spacial score (nSPS) is 12.7. The molecule has 1 N–H and O–H groups in total. The molecule has 1 aromatic carbocycles. The molecule has 1 unspecified atom stereocenters. The van der Waals surface area contributed by atoms with E-state index in [9.17, 15) is 0 Å². The lowest BCUT2D eigenvalue weighted by atomic mass is 10.0. The van der Waals surface area contributed by atoms with Crippen LogP contribution in [0.4, 0.5) is 0 Å². The van der Waals surface area contributed by atoms with E-state index in [1.807, 2.05) is 19.2 Å². The molecule has 0 aliphatic rings. The molecule has 1 aromatic heterocycles. The van der Waals surface area contributed by atoms with Crippen LogP contribution in [0.3, 0.4) is 0 Å². The van der Waals surface area contributed by atoms with Crippen LogP contribution in [0.1, 0.15) is 22.0 Å². The van der Waals surface area contributed by atoms with E-state index in [4.69, 9.17) is 11.6 Å². The third-order valence-corrected chi connectivity index (χ3v) is 5.05. The number of halogens is 2. The Morgan fingerprint density at radius 2 is 2.12 bits per heavy atom. The highest BCUT2D eigenvalue weighted by Crippen LogP contribution is 2.32. The van der Waals surface area contributed by atoms with E-state index in [0.29, 0.717) is 0 Å². The van der Waals surface area contributed by atoms with Crippen LogP contribution in [0, 0.1) is 6.92 Å². The van der Waals surface area contributed by atoms with Gasteiger partial charge in [-0.2, -0.15) is 0 Å². The molecule has 0 saturated carbocycles. The van der Waals surface area contributed by atoms with Gasteiger partial charge < -0.3 is 5.32 Å². The minimum Gasteiger partial charge on any atom is -0.309 e. The van der Waals surface area contributed by atoms with Crippen molar-refractivity contribution in [1.82, 2.24) is 5.32 Å². The van der Waals surface area contributed by atoms with Crippen molar-refractivity contribution in [2.45, 2.75) is 13.0 Å². The smallest absolute Gasteiger partial charge is 0.0671 e. The van der Waals surface area contributed by atoms with Crippen molar-refractivity contribution in [3.63, 3.8) is 0 Å². The van der Waals surface area contributed by atoms with Crippen molar-refractivity contribution < 1.29 is 0 Å². The lowest BCUT2D eigenvalue weighted by Gasteiger charge is -2.17. The van der Waals surface area contributed by atoms with E-state index in [1.165, 1.54) is 16.0 Å². The highest BCUT2D eigenvalue weighted by atomic mass is 79.9. The molecule has 1 nitrogen and oxygen atoms in total. The molecule has 0 spiro atoms. The largest absolute Gasteiger partial charge is 0.309 e. The summed E-state index contributed by atoms with van der Waals surface area (Å²) in [5, 5.41) is 6.21. The standard InChI is InChI=1S/C13H13BrClNS/c1-8-5-6-17-13(8)12(16-2)9-3-4-10(14)11(15)7-9/h3-7,12,16H,1-2H3. The van der Waals surface area contributed by atoms with Gasteiger partial charge in [-0.1, -0.05) is 17.7 Å². The SMILES string of the molecule is CNC(c1ccc(Br)c(Cl)c1)c1sccc1C. The first kappa shape index (κ1) is 13.1. The fourth-order valence-corrected chi connectivity index (χ4v) is 3.32. The van der Waals surface area contributed by atoms with Crippen LogP contribution in [-0.4, -0.2) is 7.05 Å². The summed E-state index contributed by atoms with van der Waals surface area (Å²) >= 11 is 11.3. The predicted molar refractivity (Wildman–Crippen MR) is 79.1 cm³/mol. The van der Waals surface area contributed by atoms with Crippen LogP contribution in [0.15, 0.2) is 34.1 Å². The zero-order valence-electron chi connectivity index (χ0n) is 9.63. The second-order valence-corrected chi connectivity index (χ2v) is 6.07. The van der Waals surface area contributed by atoms with Crippen LogP contribution in [0.25, 0.3) is 0 Å². The maximum absolute atomic E-state index is 6.14. The highest BCUT2D eigenvalue weighted by Gasteiger charge is 2.16. The minimum absolute atomic E-state index is 0.209. The molecule has 0 saturated heterocycles. The average Bonchev–Trinajstić information content (AvgIpc) is 2.71. The van der Waals surface area contributed by atoms with Crippen molar-refractivity contribution in [3.8, 4) is 0 Å². The molecule has 4 heteroatoms. The number of hydrogen-bond donors (Lipinski definition) is 1. The van der Waals surface area contributed by atoms with Gasteiger partial charge in [0.25, 0.3) is 0 Å². The number of nitrogens with one attached hydrogen (secondary N) is 1. The summed E-state index contributed by atoms with van der Waals surface area (Å²) in [5.74, 6) is 0.